The van der Waals surface area contributed by atoms with E-state index in [0.717, 1.165) is 88.9 Å². The van der Waals surface area contributed by atoms with Gasteiger partial charge in [0.2, 0.25) is 0 Å². The van der Waals surface area contributed by atoms with Crippen molar-refractivity contribution in [2.24, 2.45) is 0 Å². The highest BCUT2D eigenvalue weighted by Crippen LogP contribution is 2.51. The fourth-order valence-electron chi connectivity index (χ4n) is 12.4. The molecule has 5 heteroatoms. The average Bonchev–Trinajstić information content (AvgIpc) is 4.06. The highest BCUT2D eigenvalue weighted by molar-refractivity contribution is 7.00. The van der Waals surface area contributed by atoms with Crippen molar-refractivity contribution in [2.75, 3.05) is 9.80 Å². The third-order valence-electron chi connectivity index (χ3n) is 15.8. The van der Waals surface area contributed by atoms with Gasteiger partial charge in [0, 0.05) is 55.4 Å². The highest BCUT2D eigenvalue weighted by Gasteiger charge is 2.45. The summed E-state index contributed by atoms with van der Waals surface area (Å²) in [5.41, 5.74) is 24.5. The summed E-state index contributed by atoms with van der Waals surface area (Å²) in [6.07, 6.45) is 0. The van der Waals surface area contributed by atoms with Gasteiger partial charge in [-0.05, 0) is 121 Å². The molecular formula is C70H49BN2O2. The Morgan fingerprint density at radius 3 is 1.19 bits per heavy atom. The van der Waals surface area contributed by atoms with E-state index in [1.807, 2.05) is 0 Å². The number of nitrogens with zero attached hydrogens (tertiary/aromatic N) is 2. The van der Waals surface area contributed by atoms with Crippen LogP contribution in [-0.4, -0.2) is 6.71 Å². The molecule has 75 heavy (non-hydrogen) atoms. The van der Waals surface area contributed by atoms with Crippen LogP contribution in [0.1, 0.15) is 26.3 Å². The molecule has 0 aliphatic carbocycles. The minimum Gasteiger partial charge on any atom is -0.456 e. The van der Waals surface area contributed by atoms with Gasteiger partial charge >= 0.3 is 0 Å². The smallest absolute Gasteiger partial charge is 0.252 e. The second kappa shape index (κ2) is 16.6. The number of benzene rings is 11. The topological polar surface area (TPSA) is 32.8 Å². The molecule has 0 atom stereocenters. The lowest BCUT2D eigenvalue weighted by atomic mass is 9.33. The first-order valence-corrected chi connectivity index (χ1v) is 26.0. The lowest BCUT2D eigenvalue weighted by Crippen LogP contribution is -2.61. The van der Waals surface area contributed by atoms with Gasteiger partial charge in [-0.25, -0.2) is 0 Å². The van der Waals surface area contributed by atoms with Gasteiger partial charge in [-0.2, -0.15) is 0 Å². The molecule has 0 unspecified atom stereocenters. The molecule has 0 radical (unpaired) electrons. The number of hydrogen-bond acceptors (Lipinski definition) is 4. The number of fused-ring (bicyclic) bond motifs is 10. The monoisotopic (exact) mass is 960 g/mol. The lowest BCUT2D eigenvalue weighted by molar-refractivity contribution is 0.590. The van der Waals surface area contributed by atoms with Crippen molar-refractivity contribution in [1.82, 2.24) is 0 Å². The van der Waals surface area contributed by atoms with Crippen LogP contribution < -0.4 is 26.2 Å². The predicted molar refractivity (Wildman–Crippen MR) is 315 cm³/mol. The minimum absolute atomic E-state index is 0.171. The number of para-hydroxylation sites is 4. The fourth-order valence-corrected chi connectivity index (χ4v) is 12.4. The van der Waals surface area contributed by atoms with Crippen LogP contribution in [-0.2, 0) is 5.41 Å². The van der Waals surface area contributed by atoms with E-state index in [1.54, 1.807) is 0 Å². The largest absolute Gasteiger partial charge is 0.456 e. The molecule has 0 bridgehead atoms. The van der Waals surface area contributed by atoms with Crippen LogP contribution >= 0.6 is 0 Å². The van der Waals surface area contributed by atoms with Crippen LogP contribution in [0.4, 0.5) is 34.1 Å². The van der Waals surface area contributed by atoms with Crippen LogP contribution in [0, 0.1) is 0 Å². The van der Waals surface area contributed by atoms with E-state index >= 15 is 0 Å². The molecule has 13 aromatic rings. The number of rotatable bonds is 6. The highest BCUT2D eigenvalue weighted by atomic mass is 16.3. The fraction of sp³-hybridized carbons (Fsp3) is 0.0571. The Kier molecular flexibility index (Phi) is 9.58. The van der Waals surface area contributed by atoms with Gasteiger partial charge < -0.3 is 18.6 Å². The summed E-state index contributed by atoms with van der Waals surface area (Å²) in [6.45, 7) is 6.86. The molecule has 0 spiro atoms. The molecule has 15 rings (SSSR count). The maximum absolute atomic E-state index is 6.54. The van der Waals surface area contributed by atoms with Gasteiger partial charge in [-0.3, -0.25) is 0 Å². The van der Waals surface area contributed by atoms with Gasteiger partial charge in [0.25, 0.3) is 6.71 Å². The second-order valence-electron chi connectivity index (χ2n) is 21.1. The quantitative estimate of drug-likeness (QED) is 0.156. The molecule has 0 saturated carbocycles. The summed E-state index contributed by atoms with van der Waals surface area (Å²) in [6, 6.07) is 88.8. The third-order valence-corrected chi connectivity index (χ3v) is 15.8. The Morgan fingerprint density at radius 2 is 0.720 bits per heavy atom. The van der Waals surface area contributed by atoms with Crippen molar-refractivity contribution in [1.29, 1.82) is 0 Å². The van der Waals surface area contributed by atoms with Crippen LogP contribution in [0.25, 0.3) is 88.4 Å². The Labute approximate surface area is 436 Å². The molecule has 2 aliphatic rings. The molecule has 0 amide bonds. The Bertz CT molecular complexity index is 4160. The molecule has 0 N–H and O–H groups in total. The number of furan rings is 2. The molecule has 11 aromatic carbocycles. The third kappa shape index (κ3) is 6.71. The van der Waals surface area contributed by atoms with E-state index in [0.29, 0.717) is 0 Å². The van der Waals surface area contributed by atoms with Crippen LogP contribution in [0.2, 0.25) is 0 Å². The van der Waals surface area contributed by atoms with Crippen molar-refractivity contribution < 1.29 is 8.83 Å². The van der Waals surface area contributed by atoms with Crippen molar-refractivity contribution in [3.8, 4) is 44.5 Å². The predicted octanol–water partition coefficient (Wildman–Crippen LogP) is 17.5. The number of hydrogen-bond donors (Lipinski definition) is 0. The van der Waals surface area contributed by atoms with Gasteiger partial charge in [-0.15, -0.1) is 0 Å². The first-order valence-electron chi connectivity index (χ1n) is 26.0. The first kappa shape index (κ1) is 43.3. The van der Waals surface area contributed by atoms with Crippen LogP contribution in [0.5, 0.6) is 0 Å². The SMILES string of the molecule is CC(C)(C)c1cc2c3c(c1)N(c1ccccc1-c1ccccc1)c1ccc(-c4cccc5oc6ccccc6c45)cc1B3c1cc(-c3cccc4oc5ccccc5c34)ccc1N2c1ccccc1-c1ccccc1. The molecule has 354 valence electrons. The average molecular weight is 961 g/mol. The van der Waals surface area contributed by atoms with E-state index in [9.17, 15) is 0 Å². The van der Waals surface area contributed by atoms with E-state index in [1.165, 1.54) is 55.6 Å². The van der Waals surface area contributed by atoms with Gasteiger partial charge in [0.1, 0.15) is 22.3 Å². The molecular weight excluding hydrogens is 912 g/mol. The van der Waals surface area contributed by atoms with Crippen molar-refractivity contribution in [3.63, 3.8) is 0 Å². The standard InChI is InChI=1S/C70H49BN2O2/c1-70(2,3)48-42-61-69-62(43-48)73(58-31-15-11-25-50(58)45-22-8-5-9-23-45)60-39-37-47(52-29-19-35-66-68(52)54-27-13-17-33-64(54)75-66)41-56(60)71(69)55-40-46(51-28-18-34-65-67(51)53-26-12-16-32-63(53)74-65)36-38-59(55)72(61)57-30-14-10-24-49(57)44-20-6-4-7-21-44/h4-43H,1-3H3. The molecule has 2 aliphatic heterocycles. The summed E-state index contributed by atoms with van der Waals surface area (Å²) in [4.78, 5) is 5.16. The summed E-state index contributed by atoms with van der Waals surface area (Å²) < 4.78 is 13.1. The summed E-state index contributed by atoms with van der Waals surface area (Å²) >= 11 is 0. The molecule has 2 aromatic heterocycles. The van der Waals surface area contributed by atoms with Crippen molar-refractivity contribution in [2.45, 2.75) is 26.2 Å². The van der Waals surface area contributed by atoms with E-state index in [2.05, 4.69) is 273 Å². The summed E-state index contributed by atoms with van der Waals surface area (Å²) in [5.74, 6) is 0. The zero-order chi connectivity index (χ0) is 49.9. The molecule has 0 saturated heterocycles. The van der Waals surface area contributed by atoms with Crippen LogP contribution in [0.15, 0.2) is 251 Å². The Balaban J connectivity index is 1.08. The zero-order valence-electron chi connectivity index (χ0n) is 41.9. The molecule has 4 heterocycles. The van der Waals surface area contributed by atoms with Gasteiger partial charge in [-0.1, -0.05) is 203 Å². The summed E-state index contributed by atoms with van der Waals surface area (Å²) in [5, 5.41) is 4.48. The summed E-state index contributed by atoms with van der Waals surface area (Å²) in [7, 11) is 0. The van der Waals surface area contributed by atoms with E-state index < -0.39 is 0 Å². The minimum atomic E-state index is -0.192. The van der Waals surface area contributed by atoms with E-state index in [-0.39, 0.29) is 12.1 Å². The van der Waals surface area contributed by atoms with Crippen molar-refractivity contribution >= 4 is 101 Å². The van der Waals surface area contributed by atoms with E-state index in [4.69, 9.17) is 8.83 Å². The number of anilines is 6. The Hall–Kier alpha value is -9.32. The first-order chi connectivity index (χ1) is 36.9. The van der Waals surface area contributed by atoms with Gasteiger partial charge in [0.05, 0.1) is 11.4 Å². The maximum Gasteiger partial charge on any atom is 0.252 e. The van der Waals surface area contributed by atoms with Crippen molar-refractivity contribution in [3.05, 3.63) is 248 Å². The van der Waals surface area contributed by atoms with Gasteiger partial charge in [0.15, 0.2) is 0 Å². The second-order valence-corrected chi connectivity index (χ2v) is 21.1. The molecule has 4 nitrogen and oxygen atoms in total. The zero-order valence-corrected chi connectivity index (χ0v) is 41.9. The lowest BCUT2D eigenvalue weighted by Gasteiger charge is -2.46. The molecule has 0 fully saturated rings. The normalized spacial score (nSPS) is 12.9. The van der Waals surface area contributed by atoms with Crippen LogP contribution in [0.3, 0.4) is 0 Å². The Morgan fingerprint density at radius 1 is 0.320 bits per heavy atom. The maximum atomic E-state index is 6.54.